The van der Waals surface area contributed by atoms with Crippen molar-refractivity contribution in [2.24, 2.45) is 5.92 Å². The maximum absolute atomic E-state index is 12.0. The van der Waals surface area contributed by atoms with Crippen LogP contribution in [-0.2, 0) is 16.1 Å². The van der Waals surface area contributed by atoms with Crippen LogP contribution in [0.4, 0.5) is 5.69 Å². The standard InChI is InChI=1S/C19H27N3O2/c1-14(23)22(18-7-8-18)13-16-2-5-17(6-3-16)21-19(24)9-4-15-10-11-20-12-15/h2-3,5-6,15,18,20H,4,7-13H2,1H3,(H,21,24). The van der Waals surface area contributed by atoms with Gasteiger partial charge in [-0.15, -0.1) is 0 Å². The molecule has 0 spiro atoms. The van der Waals surface area contributed by atoms with E-state index in [-0.39, 0.29) is 11.8 Å². The molecule has 5 heteroatoms. The van der Waals surface area contributed by atoms with Crippen LogP contribution in [0.15, 0.2) is 24.3 Å². The normalized spacial score (nSPS) is 20.0. The summed E-state index contributed by atoms with van der Waals surface area (Å²) >= 11 is 0. The summed E-state index contributed by atoms with van der Waals surface area (Å²) in [4.78, 5) is 25.7. The molecule has 1 aromatic carbocycles. The second kappa shape index (κ2) is 7.79. The minimum Gasteiger partial charge on any atom is -0.336 e. The molecule has 2 fully saturated rings. The van der Waals surface area contributed by atoms with Crippen LogP contribution in [-0.4, -0.2) is 35.8 Å². The molecule has 24 heavy (non-hydrogen) atoms. The van der Waals surface area contributed by atoms with Gasteiger partial charge in [-0.05, 0) is 62.4 Å². The van der Waals surface area contributed by atoms with E-state index >= 15 is 0 Å². The van der Waals surface area contributed by atoms with Crippen LogP contribution in [0.2, 0.25) is 0 Å². The lowest BCUT2D eigenvalue weighted by Gasteiger charge is -2.20. The van der Waals surface area contributed by atoms with Gasteiger partial charge >= 0.3 is 0 Å². The van der Waals surface area contributed by atoms with E-state index in [2.05, 4.69) is 10.6 Å². The zero-order valence-corrected chi connectivity index (χ0v) is 14.4. The summed E-state index contributed by atoms with van der Waals surface area (Å²) in [6.45, 7) is 4.40. The molecule has 2 aliphatic rings. The minimum atomic E-state index is 0.0815. The van der Waals surface area contributed by atoms with Crippen molar-refractivity contribution in [1.82, 2.24) is 10.2 Å². The lowest BCUT2D eigenvalue weighted by Crippen LogP contribution is -2.30. The quantitative estimate of drug-likeness (QED) is 0.808. The first-order valence-corrected chi connectivity index (χ1v) is 8.98. The van der Waals surface area contributed by atoms with E-state index in [4.69, 9.17) is 0 Å². The van der Waals surface area contributed by atoms with E-state index in [1.807, 2.05) is 29.2 Å². The number of amides is 2. The highest BCUT2D eigenvalue weighted by Crippen LogP contribution is 2.28. The van der Waals surface area contributed by atoms with Crippen molar-refractivity contribution in [2.75, 3.05) is 18.4 Å². The van der Waals surface area contributed by atoms with Gasteiger partial charge in [-0.25, -0.2) is 0 Å². The van der Waals surface area contributed by atoms with Crippen LogP contribution < -0.4 is 10.6 Å². The Bertz CT molecular complexity index is 575. The van der Waals surface area contributed by atoms with Gasteiger partial charge in [0.15, 0.2) is 0 Å². The van der Waals surface area contributed by atoms with E-state index < -0.39 is 0 Å². The molecular formula is C19H27N3O2. The van der Waals surface area contributed by atoms with Crippen molar-refractivity contribution >= 4 is 17.5 Å². The molecule has 1 saturated heterocycles. The molecule has 2 N–H and O–H groups in total. The van der Waals surface area contributed by atoms with Crippen LogP contribution in [0, 0.1) is 5.92 Å². The Morgan fingerprint density at radius 3 is 2.54 bits per heavy atom. The number of nitrogens with zero attached hydrogens (tertiary/aromatic N) is 1. The summed E-state index contributed by atoms with van der Waals surface area (Å²) in [5, 5.41) is 6.29. The Hall–Kier alpha value is -1.88. The first kappa shape index (κ1) is 17.0. The third-order valence-electron chi connectivity index (χ3n) is 4.92. The molecule has 0 aromatic heterocycles. The SMILES string of the molecule is CC(=O)N(Cc1ccc(NC(=O)CCC2CCNC2)cc1)C1CC1. The molecule has 1 saturated carbocycles. The number of carbonyl (C=O) groups excluding carboxylic acids is 2. The summed E-state index contributed by atoms with van der Waals surface area (Å²) in [6, 6.07) is 8.27. The van der Waals surface area contributed by atoms with Crippen molar-refractivity contribution in [2.45, 2.75) is 51.6 Å². The van der Waals surface area contributed by atoms with Crippen molar-refractivity contribution in [3.63, 3.8) is 0 Å². The number of hydrogen-bond donors (Lipinski definition) is 2. The Morgan fingerprint density at radius 1 is 1.21 bits per heavy atom. The molecule has 1 atom stereocenters. The molecule has 1 aromatic rings. The third kappa shape index (κ3) is 4.81. The summed E-state index contributed by atoms with van der Waals surface area (Å²) in [5.74, 6) is 0.854. The Balaban J connectivity index is 1.46. The monoisotopic (exact) mass is 329 g/mol. The van der Waals surface area contributed by atoms with Gasteiger partial charge in [-0.1, -0.05) is 12.1 Å². The zero-order chi connectivity index (χ0) is 16.9. The first-order valence-electron chi connectivity index (χ1n) is 8.98. The molecule has 1 aliphatic carbocycles. The fourth-order valence-corrected chi connectivity index (χ4v) is 3.29. The molecule has 0 bridgehead atoms. The number of anilines is 1. The van der Waals surface area contributed by atoms with Gasteiger partial charge in [-0.3, -0.25) is 9.59 Å². The van der Waals surface area contributed by atoms with Crippen LogP contribution >= 0.6 is 0 Å². The Kier molecular flexibility index (Phi) is 5.51. The van der Waals surface area contributed by atoms with Gasteiger partial charge < -0.3 is 15.5 Å². The van der Waals surface area contributed by atoms with Gasteiger partial charge in [0, 0.05) is 31.6 Å². The first-order chi connectivity index (χ1) is 11.6. The molecule has 1 heterocycles. The fourth-order valence-electron chi connectivity index (χ4n) is 3.29. The number of hydrogen-bond acceptors (Lipinski definition) is 3. The summed E-state index contributed by atoms with van der Waals surface area (Å²) in [6.07, 6.45) is 4.93. The molecular weight excluding hydrogens is 302 g/mol. The van der Waals surface area contributed by atoms with Gasteiger partial charge in [0.25, 0.3) is 0 Å². The van der Waals surface area contributed by atoms with Crippen LogP contribution in [0.25, 0.3) is 0 Å². The Morgan fingerprint density at radius 2 is 1.96 bits per heavy atom. The van der Waals surface area contributed by atoms with E-state index in [0.29, 0.717) is 24.9 Å². The Labute approximate surface area is 143 Å². The number of nitrogens with one attached hydrogen (secondary N) is 2. The van der Waals surface area contributed by atoms with Gasteiger partial charge in [0.05, 0.1) is 0 Å². The van der Waals surface area contributed by atoms with Crippen molar-refractivity contribution in [3.05, 3.63) is 29.8 Å². The topological polar surface area (TPSA) is 61.4 Å². The second-order valence-corrected chi connectivity index (χ2v) is 7.02. The maximum atomic E-state index is 12.0. The smallest absolute Gasteiger partial charge is 0.224 e. The molecule has 2 amide bonds. The van der Waals surface area contributed by atoms with Crippen molar-refractivity contribution < 1.29 is 9.59 Å². The maximum Gasteiger partial charge on any atom is 0.224 e. The lowest BCUT2D eigenvalue weighted by atomic mass is 10.0. The lowest BCUT2D eigenvalue weighted by molar-refractivity contribution is -0.130. The minimum absolute atomic E-state index is 0.0815. The number of benzene rings is 1. The zero-order valence-electron chi connectivity index (χ0n) is 14.4. The molecule has 3 rings (SSSR count). The fraction of sp³-hybridized carbons (Fsp3) is 0.579. The van der Waals surface area contributed by atoms with E-state index in [1.165, 1.54) is 6.42 Å². The number of rotatable bonds is 7. The summed E-state index contributed by atoms with van der Waals surface area (Å²) in [7, 11) is 0. The summed E-state index contributed by atoms with van der Waals surface area (Å²) in [5.41, 5.74) is 1.93. The molecule has 1 aliphatic heterocycles. The highest BCUT2D eigenvalue weighted by Gasteiger charge is 2.30. The predicted molar refractivity (Wildman–Crippen MR) is 94.5 cm³/mol. The highest BCUT2D eigenvalue weighted by molar-refractivity contribution is 5.90. The highest BCUT2D eigenvalue weighted by atomic mass is 16.2. The molecule has 1 unspecified atom stereocenters. The van der Waals surface area contributed by atoms with Crippen molar-refractivity contribution in [1.29, 1.82) is 0 Å². The molecule has 130 valence electrons. The average Bonchev–Trinajstić information content (AvgIpc) is 3.26. The molecule has 0 radical (unpaired) electrons. The van der Waals surface area contributed by atoms with Crippen molar-refractivity contribution in [3.8, 4) is 0 Å². The largest absolute Gasteiger partial charge is 0.336 e. The van der Waals surface area contributed by atoms with E-state index in [0.717, 1.165) is 43.6 Å². The molecule has 5 nitrogen and oxygen atoms in total. The van der Waals surface area contributed by atoms with Gasteiger partial charge in [-0.2, -0.15) is 0 Å². The summed E-state index contributed by atoms with van der Waals surface area (Å²) < 4.78 is 0. The number of carbonyl (C=O) groups is 2. The van der Waals surface area contributed by atoms with E-state index in [9.17, 15) is 9.59 Å². The van der Waals surface area contributed by atoms with Crippen LogP contribution in [0.1, 0.15) is 44.6 Å². The predicted octanol–water partition coefficient (Wildman–Crippen LogP) is 2.53. The second-order valence-electron chi connectivity index (χ2n) is 7.02. The third-order valence-corrected chi connectivity index (χ3v) is 4.92. The van der Waals surface area contributed by atoms with Gasteiger partial charge in [0.1, 0.15) is 0 Å². The average molecular weight is 329 g/mol. The van der Waals surface area contributed by atoms with Crippen LogP contribution in [0.5, 0.6) is 0 Å². The van der Waals surface area contributed by atoms with Gasteiger partial charge in [0.2, 0.25) is 11.8 Å². The van der Waals surface area contributed by atoms with E-state index in [1.54, 1.807) is 6.92 Å². The van der Waals surface area contributed by atoms with Crippen LogP contribution in [0.3, 0.4) is 0 Å².